The molecule has 1 aliphatic heterocycles. The maximum atomic E-state index is 12.8. The van der Waals surface area contributed by atoms with E-state index in [9.17, 15) is 14.7 Å². The SMILES string of the molecule is Cc1cccc(CN2CCCC2C(=O)N[C@@H](C)c2ccc(C(=O)[O-])cc2)c1.[Li+]. The number of hydrogen-bond donors (Lipinski definition) is 1. The van der Waals surface area contributed by atoms with Crippen LogP contribution in [-0.2, 0) is 11.3 Å². The fraction of sp³-hybridized carbons (Fsp3) is 0.364. The summed E-state index contributed by atoms with van der Waals surface area (Å²) in [5.41, 5.74) is 3.45. The van der Waals surface area contributed by atoms with Crippen LogP contribution in [0, 0.1) is 6.92 Å². The minimum atomic E-state index is -1.20. The first-order valence-corrected chi connectivity index (χ1v) is 9.35. The Morgan fingerprint density at radius 2 is 1.93 bits per heavy atom. The predicted octanol–water partition coefficient (Wildman–Crippen LogP) is -0.796. The molecule has 2 aromatic carbocycles. The second-order valence-electron chi connectivity index (χ2n) is 7.26. The Kier molecular flexibility index (Phi) is 7.88. The number of rotatable bonds is 6. The molecule has 1 N–H and O–H groups in total. The molecule has 6 heteroatoms. The van der Waals surface area contributed by atoms with Crippen molar-refractivity contribution in [1.82, 2.24) is 10.2 Å². The van der Waals surface area contributed by atoms with Crippen LogP contribution < -0.4 is 29.3 Å². The van der Waals surface area contributed by atoms with Crippen LogP contribution in [0.2, 0.25) is 0 Å². The summed E-state index contributed by atoms with van der Waals surface area (Å²) >= 11 is 0. The minimum absolute atomic E-state index is 0. The quantitative estimate of drug-likeness (QED) is 0.675. The molecular weight excluding hydrogens is 347 g/mol. The van der Waals surface area contributed by atoms with Crippen LogP contribution in [0.25, 0.3) is 0 Å². The molecule has 5 nitrogen and oxygen atoms in total. The topological polar surface area (TPSA) is 72.5 Å². The van der Waals surface area contributed by atoms with Gasteiger partial charge in [0.05, 0.1) is 18.1 Å². The molecule has 2 aromatic rings. The van der Waals surface area contributed by atoms with Crippen LogP contribution in [0.3, 0.4) is 0 Å². The van der Waals surface area contributed by atoms with Crippen LogP contribution >= 0.6 is 0 Å². The van der Waals surface area contributed by atoms with E-state index in [0.29, 0.717) is 0 Å². The summed E-state index contributed by atoms with van der Waals surface area (Å²) in [6, 6.07) is 14.5. The fourth-order valence-corrected chi connectivity index (χ4v) is 3.66. The van der Waals surface area contributed by atoms with Gasteiger partial charge < -0.3 is 15.2 Å². The van der Waals surface area contributed by atoms with Crippen LogP contribution in [0.15, 0.2) is 48.5 Å². The smallest absolute Gasteiger partial charge is 0.545 e. The van der Waals surface area contributed by atoms with Crippen LogP contribution in [-0.4, -0.2) is 29.4 Å². The van der Waals surface area contributed by atoms with Crippen LogP contribution in [0.5, 0.6) is 0 Å². The van der Waals surface area contributed by atoms with Crippen LogP contribution in [0.4, 0.5) is 0 Å². The summed E-state index contributed by atoms with van der Waals surface area (Å²) < 4.78 is 0. The van der Waals surface area contributed by atoms with Crippen molar-refractivity contribution in [2.45, 2.75) is 45.3 Å². The van der Waals surface area contributed by atoms with E-state index in [2.05, 4.69) is 35.3 Å². The third-order valence-electron chi connectivity index (χ3n) is 5.14. The fourth-order valence-electron chi connectivity index (χ4n) is 3.66. The van der Waals surface area contributed by atoms with E-state index < -0.39 is 5.97 Å². The Hall–Kier alpha value is -2.06. The molecule has 142 valence electrons. The Morgan fingerprint density at radius 3 is 2.57 bits per heavy atom. The summed E-state index contributed by atoms with van der Waals surface area (Å²) in [5, 5.41) is 13.9. The molecule has 1 aliphatic rings. The molecule has 28 heavy (non-hydrogen) atoms. The van der Waals surface area contributed by atoms with Gasteiger partial charge in [-0.2, -0.15) is 0 Å². The molecule has 0 radical (unpaired) electrons. The van der Waals surface area contributed by atoms with Crippen molar-refractivity contribution in [2.75, 3.05) is 6.54 Å². The number of benzene rings is 2. The van der Waals surface area contributed by atoms with Crippen molar-refractivity contribution in [3.63, 3.8) is 0 Å². The van der Waals surface area contributed by atoms with Gasteiger partial charge in [0.25, 0.3) is 0 Å². The van der Waals surface area contributed by atoms with Crippen molar-refractivity contribution in [3.8, 4) is 0 Å². The molecule has 1 amide bonds. The van der Waals surface area contributed by atoms with Gasteiger partial charge in [0.1, 0.15) is 0 Å². The van der Waals surface area contributed by atoms with E-state index in [1.807, 2.05) is 13.0 Å². The number of hydrogen-bond acceptors (Lipinski definition) is 4. The maximum absolute atomic E-state index is 12.8. The Bertz CT molecular complexity index is 823. The molecule has 0 bridgehead atoms. The van der Waals surface area contributed by atoms with Gasteiger partial charge in [-0.1, -0.05) is 54.1 Å². The Morgan fingerprint density at radius 1 is 1.21 bits per heavy atom. The van der Waals surface area contributed by atoms with Gasteiger partial charge in [0.2, 0.25) is 5.91 Å². The maximum Gasteiger partial charge on any atom is 1.00 e. The number of likely N-dealkylation sites (tertiary alicyclic amines) is 1. The molecular formula is C22H25LiN2O3. The van der Waals surface area contributed by atoms with Crippen molar-refractivity contribution in [2.24, 2.45) is 0 Å². The summed E-state index contributed by atoms with van der Waals surface area (Å²) in [6.45, 7) is 5.67. The average molecular weight is 372 g/mol. The number of carbonyl (C=O) groups is 2. The van der Waals surface area contributed by atoms with Crippen molar-refractivity contribution >= 4 is 11.9 Å². The number of aryl methyl sites for hydroxylation is 1. The third-order valence-corrected chi connectivity index (χ3v) is 5.14. The summed E-state index contributed by atoms with van der Waals surface area (Å²) in [6.07, 6.45) is 1.87. The minimum Gasteiger partial charge on any atom is -0.545 e. The zero-order valence-electron chi connectivity index (χ0n) is 16.8. The third kappa shape index (κ3) is 5.48. The number of carboxylic acids is 1. The molecule has 1 fully saturated rings. The normalized spacial score (nSPS) is 17.6. The van der Waals surface area contributed by atoms with Gasteiger partial charge in [-0.3, -0.25) is 9.69 Å². The summed E-state index contributed by atoms with van der Waals surface area (Å²) in [5.74, 6) is -1.17. The first kappa shape index (κ1) is 22.2. The van der Waals surface area contributed by atoms with E-state index in [1.165, 1.54) is 23.3 Å². The van der Waals surface area contributed by atoms with Gasteiger partial charge in [-0.25, -0.2) is 0 Å². The van der Waals surface area contributed by atoms with Crippen molar-refractivity contribution in [3.05, 3.63) is 70.8 Å². The molecule has 2 atom stereocenters. The van der Waals surface area contributed by atoms with E-state index in [-0.39, 0.29) is 42.4 Å². The van der Waals surface area contributed by atoms with Gasteiger partial charge in [-0.15, -0.1) is 0 Å². The number of carboxylic acid groups (broad SMARTS) is 1. The molecule has 1 saturated heterocycles. The van der Waals surface area contributed by atoms with E-state index >= 15 is 0 Å². The summed E-state index contributed by atoms with van der Waals surface area (Å²) in [7, 11) is 0. The Labute approximate surface area is 178 Å². The number of amides is 1. The zero-order valence-corrected chi connectivity index (χ0v) is 16.8. The Balaban J connectivity index is 0.00000280. The predicted molar refractivity (Wildman–Crippen MR) is 102 cm³/mol. The summed E-state index contributed by atoms with van der Waals surface area (Å²) in [4.78, 5) is 25.9. The van der Waals surface area contributed by atoms with E-state index in [4.69, 9.17) is 0 Å². The molecule has 0 saturated carbocycles. The molecule has 3 rings (SSSR count). The second kappa shape index (κ2) is 9.93. The average Bonchev–Trinajstić information content (AvgIpc) is 3.10. The van der Waals surface area contributed by atoms with E-state index in [1.54, 1.807) is 12.1 Å². The van der Waals surface area contributed by atoms with Gasteiger partial charge in [0, 0.05) is 6.54 Å². The first-order valence-electron chi connectivity index (χ1n) is 9.35. The molecule has 0 aliphatic carbocycles. The zero-order chi connectivity index (χ0) is 19.4. The monoisotopic (exact) mass is 372 g/mol. The van der Waals surface area contributed by atoms with Crippen molar-refractivity contribution < 1.29 is 33.6 Å². The van der Waals surface area contributed by atoms with E-state index in [0.717, 1.165) is 31.5 Å². The number of aromatic carboxylic acids is 1. The number of nitrogens with one attached hydrogen (secondary N) is 1. The van der Waals surface area contributed by atoms with Gasteiger partial charge in [0.15, 0.2) is 0 Å². The molecule has 1 unspecified atom stereocenters. The van der Waals surface area contributed by atoms with Gasteiger partial charge >= 0.3 is 18.9 Å². The number of nitrogens with zero attached hydrogens (tertiary/aromatic N) is 1. The van der Waals surface area contributed by atoms with Crippen LogP contribution in [0.1, 0.15) is 52.9 Å². The van der Waals surface area contributed by atoms with Crippen molar-refractivity contribution in [1.29, 1.82) is 0 Å². The first-order chi connectivity index (χ1) is 12.9. The molecule has 0 aromatic heterocycles. The van der Waals surface area contributed by atoms with Gasteiger partial charge in [-0.05, 0) is 49.9 Å². The largest absolute Gasteiger partial charge is 1.00 e. The molecule has 1 heterocycles. The second-order valence-corrected chi connectivity index (χ2v) is 7.26. The standard InChI is InChI=1S/C22H26N2O3.Li/c1-15-5-3-6-17(13-15)14-24-12-4-7-20(24)21(25)23-16(2)18-8-10-19(11-9-18)22(26)27;/h3,5-6,8-11,13,16,20H,4,7,12,14H2,1-2H3,(H,23,25)(H,26,27);/q;+1/p-1/t16-,20?;/m0./s1. The number of carbonyl (C=O) groups excluding carboxylic acids is 2. The molecule has 0 spiro atoms.